The van der Waals surface area contributed by atoms with Crippen LogP contribution in [0.4, 0.5) is 0 Å². The fourth-order valence-corrected chi connectivity index (χ4v) is 1.64. The number of ether oxygens (including phenoxy) is 1. The molecule has 0 spiro atoms. The molecule has 0 saturated carbocycles. The second kappa shape index (κ2) is 5.14. The molecule has 0 amide bonds. The van der Waals surface area contributed by atoms with Gasteiger partial charge in [0.15, 0.2) is 0 Å². The normalized spacial score (nSPS) is 22.6. The highest BCUT2D eigenvalue weighted by Crippen LogP contribution is 2.38. The van der Waals surface area contributed by atoms with Crippen molar-refractivity contribution in [3.8, 4) is 5.75 Å². The van der Waals surface area contributed by atoms with Crippen LogP contribution in [0.15, 0.2) is 36.4 Å². The van der Waals surface area contributed by atoms with E-state index in [-0.39, 0.29) is 0 Å². The summed E-state index contributed by atoms with van der Waals surface area (Å²) in [5.74, 6) is 0.795. The Morgan fingerprint density at radius 1 is 1.38 bits per heavy atom. The molecule has 2 rings (SSSR count). The van der Waals surface area contributed by atoms with Crippen molar-refractivity contribution in [1.82, 2.24) is 5.48 Å². The fourth-order valence-electron chi connectivity index (χ4n) is 1.64. The summed E-state index contributed by atoms with van der Waals surface area (Å²) < 4.78 is 5.48. The summed E-state index contributed by atoms with van der Waals surface area (Å²) in [6, 6.07) is 7.63. The Labute approximate surface area is 96.7 Å². The first kappa shape index (κ1) is 12.7. The van der Waals surface area contributed by atoms with Crippen molar-refractivity contribution >= 4 is 0 Å². The van der Waals surface area contributed by atoms with Crippen LogP contribution < -0.4 is 10.2 Å². The molecule has 0 aromatic heterocycles. The molecular formula is C13H19NO2. The lowest BCUT2D eigenvalue weighted by Gasteiger charge is -2.36. The van der Waals surface area contributed by atoms with Crippen LogP contribution in [0.1, 0.15) is 26.3 Å². The van der Waals surface area contributed by atoms with E-state index in [1.807, 2.05) is 45.0 Å². The molecule has 3 nitrogen and oxygen atoms in total. The molecule has 0 fully saturated rings. The van der Waals surface area contributed by atoms with E-state index < -0.39 is 5.54 Å². The van der Waals surface area contributed by atoms with Gasteiger partial charge >= 0.3 is 0 Å². The van der Waals surface area contributed by atoms with Gasteiger partial charge in [-0.25, -0.2) is 0 Å². The van der Waals surface area contributed by atoms with Gasteiger partial charge in [0.1, 0.15) is 12.4 Å². The van der Waals surface area contributed by atoms with Gasteiger partial charge in [-0.15, -0.1) is 0 Å². The lowest BCUT2D eigenvalue weighted by molar-refractivity contribution is 0.0752. The number of nitrogens with one attached hydrogen (secondary N) is 1. The second-order valence-corrected chi connectivity index (χ2v) is 3.63. The number of para-hydroxylation sites is 1. The minimum Gasteiger partial charge on any atom is -0.489 e. The number of fused-ring (bicyclic) bond motifs is 1. The van der Waals surface area contributed by atoms with Crippen LogP contribution in [0.3, 0.4) is 0 Å². The summed E-state index contributed by atoms with van der Waals surface area (Å²) in [6.07, 6.45) is 0. The highest BCUT2D eigenvalue weighted by Gasteiger charge is 2.35. The molecule has 1 aliphatic rings. The zero-order valence-electron chi connectivity index (χ0n) is 10.1. The van der Waals surface area contributed by atoms with Crippen LogP contribution in [0.2, 0.25) is 0 Å². The van der Waals surface area contributed by atoms with E-state index in [1.54, 1.807) is 0 Å². The standard InChI is InChI=1S/C11H13NO2.C2H6/c1-8-7-14-10-6-4-3-5-9(10)11(8,2)12-13;1-2/h3-6,12-13H,1,7H2,2H3;1-2H3. The van der Waals surface area contributed by atoms with Crippen molar-refractivity contribution in [2.24, 2.45) is 0 Å². The molecule has 0 aliphatic carbocycles. The summed E-state index contributed by atoms with van der Waals surface area (Å²) >= 11 is 0. The molecule has 1 aromatic rings. The summed E-state index contributed by atoms with van der Waals surface area (Å²) in [5, 5.41) is 9.20. The molecule has 1 atom stereocenters. The molecule has 88 valence electrons. The van der Waals surface area contributed by atoms with Gasteiger partial charge in [0.25, 0.3) is 0 Å². The monoisotopic (exact) mass is 221 g/mol. The van der Waals surface area contributed by atoms with Crippen LogP contribution in [-0.2, 0) is 5.54 Å². The van der Waals surface area contributed by atoms with E-state index in [1.165, 1.54) is 0 Å². The molecule has 0 bridgehead atoms. The maximum atomic E-state index is 9.20. The maximum absolute atomic E-state index is 9.20. The number of rotatable bonds is 1. The Morgan fingerprint density at radius 2 is 2.00 bits per heavy atom. The van der Waals surface area contributed by atoms with E-state index in [2.05, 4.69) is 12.1 Å². The lowest BCUT2D eigenvalue weighted by Crippen LogP contribution is -2.43. The lowest BCUT2D eigenvalue weighted by atomic mass is 9.84. The SMILES string of the molecule is C=C1COc2ccccc2C1(C)NO.CC. The van der Waals surface area contributed by atoms with E-state index >= 15 is 0 Å². The van der Waals surface area contributed by atoms with E-state index in [4.69, 9.17) is 4.74 Å². The number of hydrogen-bond acceptors (Lipinski definition) is 3. The molecule has 1 aromatic carbocycles. The van der Waals surface area contributed by atoms with Gasteiger partial charge in [-0.3, -0.25) is 0 Å². The van der Waals surface area contributed by atoms with Crippen molar-refractivity contribution in [2.45, 2.75) is 26.3 Å². The van der Waals surface area contributed by atoms with E-state index in [0.717, 1.165) is 16.9 Å². The summed E-state index contributed by atoms with van der Waals surface area (Å²) in [5.41, 5.74) is 3.44. The van der Waals surface area contributed by atoms with Gasteiger partial charge in [0, 0.05) is 5.56 Å². The van der Waals surface area contributed by atoms with Gasteiger partial charge in [-0.2, -0.15) is 5.48 Å². The average molecular weight is 221 g/mol. The third-order valence-electron chi connectivity index (χ3n) is 2.76. The van der Waals surface area contributed by atoms with Crippen molar-refractivity contribution in [2.75, 3.05) is 6.61 Å². The van der Waals surface area contributed by atoms with Crippen LogP contribution in [0.5, 0.6) is 5.75 Å². The molecular weight excluding hydrogens is 202 g/mol. The van der Waals surface area contributed by atoms with Crippen molar-refractivity contribution in [3.63, 3.8) is 0 Å². The Morgan fingerprint density at radius 3 is 2.62 bits per heavy atom. The molecule has 3 heteroatoms. The Kier molecular flexibility index (Phi) is 4.10. The molecule has 0 radical (unpaired) electrons. The quantitative estimate of drug-likeness (QED) is 0.566. The summed E-state index contributed by atoms with van der Waals surface area (Å²) in [6.45, 7) is 10.2. The van der Waals surface area contributed by atoms with E-state index in [9.17, 15) is 5.21 Å². The smallest absolute Gasteiger partial charge is 0.125 e. The highest BCUT2D eigenvalue weighted by atomic mass is 16.5. The molecule has 1 unspecified atom stereocenters. The molecule has 1 aliphatic heterocycles. The molecule has 2 N–H and O–H groups in total. The van der Waals surface area contributed by atoms with Crippen molar-refractivity contribution in [1.29, 1.82) is 0 Å². The average Bonchev–Trinajstić information content (AvgIpc) is 2.37. The third kappa shape index (κ3) is 1.96. The van der Waals surface area contributed by atoms with Gasteiger partial charge in [-0.1, -0.05) is 38.6 Å². The minimum atomic E-state index is -0.602. The first-order valence-electron chi connectivity index (χ1n) is 5.50. The molecule has 0 saturated heterocycles. The second-order valence-electron chi connectivity index (χ2n) is 3.63. The van der Waals surface area contributed by atoms with Crippen LogP contribution in [-0.4, -0.2) is 11.8 Å². The number of benzene rings is 1. The van der Waals surface area contributed by atoms with Crippen molar-refractivity contribution in [3.05, 3.63) is 42.0 Å². The third-order valence-corrected chi connectivity index (χ3v) is 2.76. The van der Waals surface area contributed by atoms with Gasteiger partial charge in [-0.05, 0) is 18.6 Å². The van der Waals surface area contributed by atoms with Crippen molar-refractivity contribution < 1.29 is 9.94 Å². The first-order valence-corrected chi connectivity index (χ1v) is 5.50. The Bertz CT molecular complexity index is 376. The summed E-state index contributed by atoms with van der Waals surface area (Å²) in [7, 11) is 0. The predicted molar refractivity (Wildman–Crippen MR) is 64.7 cm³/mol. The first-order chi connectivity index (χ1) is 7.68. The van der Waals surface area contributed by atoms with Gasteiger partial charge in [0.05, 0.1) is 5.54 Å². The fraction of sp³-hybridized carbons (Fsp3) is 0.385. The van der Waals surface area contributed by atoms with Crippen LogP contribution in [0.25, 0.3) is 0 Å². The zero-order valence-corrected chi connectivity index (χ0v) is 10.1. The highest BCUT2D eigenvalue weighted by molar-refractivity contribution is 5.46. The van der Waals surface area contributed by atoms with E-state index in [0.29, 0.717) is 6.61 Å². The topological polar surface area (TPSA) is 41.5 Å². The van der Waals surface area contributed by atoms with Gasteiger partial charge in [0.2, 0.25) is 0 Å². The zero-order chi connectivity index (χ0) is 12.2. The largest absolute Gasteiger partial charge is 0.489 e. The Hall–Kier alpha value is -1.32. The number of hydrogen-bond donors (Lipinski definition) is 2. The molecule has 1 heterocycles. The predicted octanol–water partition coefficient (Wildman–Crippen LogP) is 2.86. The summed E-state index contributed by atoms with van der Waals surface area (Å²) in [4.78, 5) is 0. The number of hydroxylamine groups is 1. The minimum absolute atomic E-state index is 0.432. The molecule has 16 heavy (non-hydrogen) atoms. The Balaban J connectivity index is 0.000000606. The van der Waals surface area contributed by atoms with Crippen LogP contribution >= 0.6 is 0 Å². The van der Waals surface area contributed by atoms with Gasteiger partial charge < -0.3 is 9.94 Å². The maximum Gasteiger partial charge on any atom is 0.125 e. The van der Waals surface area contributed by atoms with Crippen LogP contribution in [0, 0.1) is 0 Å².